The van der Waals surface area contributed by atoms with Crippen molar-refractivity contribution in [3.8, 4) is 0 Å². The fourth-order valence-corrected chi connectivity index (χ4v) is 2.63. The van der Waals surface area contributed by atoms with Crippen molar-refractivity contribution in [2.75, 3.05) is 11.4 Å². The van der Waals surface area contributed by atoms with Crippen molar-refractivity contribution in [2.24, 2.45) is 11.8 Å². The van der Waals surface area contributed by atoms with Crippen LogP contribution in [-0.4, -0.2) is 23.5 Å². The molecule has 0 bridgehead atoms. The molecular formula is C16H21NO3. The van der Waals surface area contributed by atoms with Crippen LogP contribution in [0.3, 0.4) is 0 Å². The SMILES string of the molecule is Cc1ccc2c(c1)CCCN2C(=O)C(C)C(C)C(=O)O. The zero-order chi connectivity index (χ0) is 14.9. The van der Waals surface area contributed by atoms with Crippen LogP contribution >= 0.6 is 0 Å². The van der Waals surface area contributed by atoms with Gasteiger partial charge in [-0.15, -0.1) is 0 Å². The van der Waals surface area contributed by atoms with Gasteiger partial charge in [0.1, 0.15) is 0 Å². The summed E-state index contributed by atoms with van der Waals surface area (Å²) in [6.45, 7) is 6.00. The molecule has 2 unspecified atom stereocenters. The highest BCUT2D eigenvalue weighted by Gasteiger charge is 2.32. The summed E-state index contributed by atoms with van der Waals surface area (Å²) in [6.07, 6.45) is 1.90. The largest absolute Gasteiger partial charge is 0.481 e. The zero-order valence-corrected chi connectivity index (χ0v) is 12.2. The molecule has 0 aliphatic carbocycles. The molecule has 1 aliphatic rings. The van der Waals surface area contributed by atoms with Gasteiger partial charge in [-0.2, -0.15) is 0 Å². The average Bonchev–Trinajstić information content (AvgIpc) is 2.43. The highest BCUT2D eigenvalue weighted by atomic mass is 16.4. The van der Waals surface area contributed by atoms with Gasteiger partial charge in [0.15, 0.2) is 0 Å². The van der Waals surface area contributed by atoms with Crippen LogP contribution < -0.4 is 4.90 Å². The lowest BCUT2D eigenvalue weighted by Crippen LogP contribution is -2.42. The van der Waals surface area contributed by atoms with E-state index in [1.807, 2.05) is 19.1 Å². The van der Waals surface area contributed by atoms with Crippen LogP contribution in [0.1, 0.15) is 31.4 Å². The molecule has 0 spiro atoms. The molecule has 0 saturated heterocycles. The third-order valence-corrected chi connectivity index (χ3v) is 4.15. The van der Waals surface area contributed by atoms with E-state index in [1.165, 1.54) is 11.1 Å². The molecule has 2 atom stereocenters. The van der Waals surface area contributed by atoms with Crippen molar-refractivity contribution in [3.63, 3.8) is 0 Å². The van der Waals surface area contributed by atoms with Gasteiger partial charge in [-0.3, -0.25) is 9.59 Å². The first-order chi connectivity index (χ1) is 9.41. The van der Waals surface area contributed by atoms with Crippen molar-refractivity contribution in [3.05, 3.63) is 29.3 Å². The summed E-state index contributed by atoms with van der Waals surface area (Å²) in [6, 6.07) is 6.08. The number of hydrogen-bond acceptors (Lipinski definition) is 2. The molecule has 4 nitrogen and oxygen atoms in total. The van der Waals surface area contributed by atoms with Crippen LogP contribution in [0, 0.1) is 18.8 Å². The smallest absolute Gasteiger partial charge is 0.307 e. The van der Waals surface area contributed by atoms with E-state index >= 15 is 0 Å². The molecule has 108 valence electrons. The summed E-state index contributed by atoms with van der Waals surface area (Å²) in [4.78, 5) is 25.4. The normalized spacial score (nSPS) is 17.2. The molecule has 1 aliphatic heterocycles. The number of aryl methyl sites for hydroxylation is 2. The summed E-state index contributed by atoms with van der Waals surface area (Å²) in [7, 11) is 0. The molecule has 0 aromatic heterocycles. The van der Waals surface area contributed by atoms with Gasteiger partial charge in [-0.05, 0) is 31.4 Å². The number of carbonyl (C=O) groups is 2. The molecule has 4 heteroatoms. The molecule has 1 heterocycles. The van der Waals surface area contributed by atoms with Gasteiger partial charge in [-0.1, -0.05) is 31.5 Å². The number of benzene rings is 1. The maximum Gasteiger partial charge on any atom is 0.307 e. The first kappa shape index (κ1) is 14.6. The fraction of sp³-hybridized carbons (Fsp3) is 0.500. The second kappa shape index (κ2) is 5.65. The van der Waals surface area contributed by atoms with Crippen molar-refractivity contribution in [2.45, 2.75) is 33.6 Å². The molecule has 0 fully saturated rings. The van der Waals surface area contributed by atoms with Gasteiger partial charge in [0.2, 0.25) is 5.91 Å². The van der Waals surface area contributed by atoms with Crippen molar-refractivity contribution in [1.82, 2.24) is 0 Å². The van der Waals surface area contributed by atoms with E-state index in [4.69, 9.17) is 5.11 Å². The van der Waals surface area contributed by atoms with E-state index in [-0.39, 0.29) is 5.91 Å². The number of amides is 1. The van der Waals surface area contributed by atoms with Gasteiger partial charge in [0.05, 0.1) is 5.92 Å². The Morgan fingerprint density at radius 1 is 1.25 bits per heavy atom. The number of nitrogens with zero attached hydrogens (tertiary/aromatic N) is 1. The number of rotatable bonds is 3. The maximum atomic E-state index is 12.6. The second-order valence-electron chi connectivity index (χ2n) is 5.64. The minimum absolute atomic E-state index is 0.0929. The minimum Gasteiger partial charge on any atom is -0.481 e. The summed E-state index contributed by atoms with van der Waals surface area (Å²) >= 11 is 0. The van der Waals surface area contributed by atoms with Crippen LogP contribution in [0.15, 0.2) is 18.2 Å². The summed E-state index contributed by atoms with van der Waals surface area (Å²) < 4.78 is 0. The number of anilines is 1. The Morgan fingerprint density at radius 2 is 1.95 bits per heavy atom. The lowest BCUT2D eigenvalue weighted by Gasteiger charge is -2.32. The Hall–Kier alpha value is -1.84. The summed E-state index contributed by atoms with van der Waals surface area (Å²) in [5.74, 6) is -2.20. The molecule has 1 N–H and O–H groups in total. The number of aliphatic carboxylic acids is 1. The molecule has 0 radical (unpaired) electrons. The first-order valence-electron chi connectivity index (χ1n) is 7.05. The third kappa shape index (κ3) is 2.69. The van der Waals surface area contributed by atoms with E-state index in [0.29, 0.717) is 6.54 Å². The zero-order valence-electron chi connectivity index (χ0n) is 12.2. The van der Waals surface area contributed by atoms with Gasteiger partial charge in [0, 0.05) is 18.2 Å². The standard InChI is InChI=1S/C16H21NO3/c1-10-6-7-14-13(9-10)5-4-8-17(14)15(18)11(2)12(3)16(19)20/h6-7,9,11-12H,4-5,8H2,1-3H3,(H,19,20). The Kier molecular flexibility index (Phi) is 4.12. The predicted molar refractivity (Wildman–Crippen MR) is 77.8 cm³/mol. The van der Waals surface area contributed by atoms with Gasteiger partial charge < -0.3 is 10.0 Å². The van der Waals surface area contributed by atoms with E-state index in [2.05, 4.69) is 6.07 Å². The second-order valence-corrected chi connectivity index (χ2v) is 5.64. The van der Waals surface area contributed by atoms with Crippen LogP contribution in [0.2, 0.25) is 0 Å². The molecule has 1 aromatic carbocycles. The van der Waals surface area contributed by atoms with Crippen molar-refractivity contribution in [1.29, 1.82) is 0 Å². The third-order valence-electron chi connectivity index (χ3n) is 4.15. The monoisotopic (exact) mass is 275 g/mol. The van der Waals surface area contributed by atoms with Crippen LogP contribution in [0.4, 0.5) is 5.69 Å². The Bertz CT molecular complexity index is 539. The lowest BCUT2D eigenvalue weighted by atomic mass is 9.92. The average molecular weight is 275 g/mol. The van der Waals surface area contributed by atoms with E-state index in [1.54, 1.807) is 18.7 Å². The predicted octanol–water partition coefficient (Wildman–Crippen LogP) is 2.63. The van der Waals surface area contributed by atoms with E-state index in [9.17, 15) is 9.59 Å². The summed E-state index contributed by atoms with van der Waals surface area (Å²) in [5.41, 5.74) is 3.31. The Morgan fingerprint density at radius 3 is 2.60 bits per heavy atom. The number of carboxylic acid groups (broad SMARTS) is 1. The topological polar surface area (TPSA) is 57.6 Å². The van der Waals surface area contributed by atoms with Crippen molar-refractivity contribution < 1.29 is 14.7 Å². The van der Waals surface area contributed by atoms with Gasteiger partial charge in [0.25, 0.3) is 0 Å². The van der Waals surface area contributed by atoms with Crippen LogP contribution in [0.5, 0.6) is 0 Å². The lowest BCUT2D eigenvalue weighted by molar-refractivity contribution is -0.145. The van der Waals surface area contributed by atoms with E-state index < -0.39 is 17.8 Å². The van der Waals surface area contributed by atoms with E-state index in [0.717, 1.165) is 18.5 Å². The highest BCUT2D eigenvalue weighted by molar-refractivity contribution is 5.97. The highest BCUT2D eigenvalue weighted by Crippen LogP contribution is 2.30. The molecule has 1 amide bonds. The fourth-order valence-electron chi connectivity index (χ4n) is 2.63. The molecule has 0 saturated carbocycles. The molecule has 1 aromatic rings. The van der Waals surface area contributed by atoms with Gasteiger partial charge in [-0.25, -0.2) is 0 Å². The quantitative estimate of drug-likeness (QED) is 0.922. The maximum absolute atomic E-state index is 12.6. The summed E-state index contributed by atoms with van der Waals surface area (Å²) in [5, 5.41) is 9.06. The molecule has 2 rings (SSSR count). The Labute approximate surface area is 119 Å². The first-order valence-corrected chi connectivity index (χ1v) is 7.05. The number of fused-ring (bicyclic) bond motifs is 1. The Balaban J connectivity index is 2.27. The molecule has 20 heavy (non-hydrogen) atoms. The molecular weight excluding hydrogens is 254 g/mol. The van der Waals surface area contributed by atoms with Gasteiger partial charge >= 0.3 is 5.97 Å². The van der Waals surface area contributed by atoms with Crippen LogP contribution in [0.25, 0.3) is 0 Å². The number of carbonyl (C=O) groups excluding carboxylic acids is 1. The van der Waals surface area contributed by atoms with Crippen LogP contribution in [-0.2, 0) is 16.0 Å². The number of hydrogen-bond donors (Lipinski definition) is 1. The van der Waals surface area contributed by atoms with Crippen molar-refractivity contribution >= 4 is 17.6 Å². The number of carboxylic acids is 1. The minimum atomic E-state index is -0.924.